The van der Waals surface area contributed by atoms with Crippen LogP contribution in [-0.2, 0) is 0 Å². The van der Waals surface area contributed by atoms with E-state index in [1.807, 2.05) is 30.5 Å². The van der Waals surface area contributed by atoms with Crippen LogP contribution in [0.4, 0.5) is 5.13 Å². The number of imidazole rings is 1. The number of aryl methyl sites for hydroxylation is 1. The molecule has 7 nitrogen and oxygen atoms in total. The molecule has 0 fully saturated rings. The molecule has 0 saturated carbocycles. The second-order valence-corrected chi connectivity index (χ2v) is 6.38. The molecule has 1 N–H and O–H groups in total. The highest BCUT2D eigenvalue weighted by Crippen LogP contribution is 2.26. The number of pyridine rings is 2. The average Bonchev–Trinajstić information content (AvgIpc) is 3.32. The van der Waals surface area contributed by atoms with Crippen LogP contribution >= 0.6 is 11.3 Å². The highest BCUT2D eigenvalue weighted by Gasteiger charge is 2.16. The lowest BCUT2D eigenvalue weighted by atomic mass is 10.2. The van der Waals surface area contributed by atoms with E-state index in [9.17, 15) is 4.79 Å². The Morgan fingerprint density at radius 3 is 2.85 bits per heavy atom. The minimum Gasteiger partial charge on any atom is -0.296 e. The molecular weight excluding hydrogens is 348 g/mol. The summed E-state index contributed by atoms with van der Waals surface area (Å²) in [5.41, 5.74) is 3.75. The van der Waals surface area contributed by atoms with Crippen molar-refractivity contribution in [3.63, 3.8) is 0 Å². The molecule has 0 aliphatic rings. The van der Waals surface area contributed by atoms with Gasteiger partial charge in [-0.15, -0.1) is 11.3 Å². The Balaban J connectivity index is 1.57. The maximum Gasteiger partial charge on any atom is 0.276 e. The van der Waals surface area contributed by atoms with E-state index in [1.165, 1.54) is 17.5 Å². The molecule has 0 aliphatic heterocycles. The molecule has 8 heteroatoms. The highest BCUT2D eigenvalue weighted by molar-refractivity contribution is 7.14. The Labute approximate surface area is 153 Å². The van der Waals surface area contributed by atoms with Gasteiger partial charge in [0.15, 0.2) is 5.13 Å². The fourth-order valence-electron chi connectivity index (χ4n) is 2.52. The number of hydrogen-bond acceptors (Lipinski definition) is 6. The molecule has 4 aromatic rings. The van der Waals surface area contributed by atoms with Gasteiger partial charge in [-0.2, -0.15) is 0 Å². The molecule has 4 aromatic heterocycles. The third kappa shape index (κ3) is 3.09. The number of carbonyl (C=O) groups excluding carboxylic acids is 1. The Hall–Kier alpha value is -3.39. The van der Waals surface area contributed by atoms with Gasteiger partial charge in [0.05, 0.1) is 30.1 Å². The Morgan fingerprint density at radius 1 is 1.15 bits per heavy atom. The summed E-state index contributed by atoms with van der Waals surface area (Å²) in [5, 5.41) is 5.21. The van der Waals surface area contributed by atoms with Gasteiger partial charge < -0.3 is 0 Å². The number of nitrogens with zero attached hydrogens (tertiary/aromatic N) is 5. The molecular formula is C18H14N6OS. The van der Waals surface area contributed by atoms with Crippen molar-refractivity contribution in [2.75, 3.05) is 5.32 Å². The van der Waals surface area contributed by atoms with Gasteiger partial charge in [0, 0.05) is 17.8 Å². The summed E-state index contributed by atoms with van der Waals surface area (Å²) >= 11 is 1.36. The van der Waals surface area contributed by atoms with Crippen molar-refractivity contribution in [3.05, 3.63) is 72.0 Å². The first kappa shape index (κ1) is 16.1. The summed E-state index contributed by atoms with van der Waals surface area (Å²) in [7, 11) is 0. The maximum atomic E-state index is 12.6. The summed E-state index contributed by atoms with van der Waals surface area (Å²) in [6, 6.07) is 7.52. The SMILES string of the molecule is Cc1cccnc1-c1csc(NC(=O)c2cncn2-c2cccnc2)n1. The van der Waals surface area contributed by atoms with Gasteiger partial charge in [-0.3, -0.25) is 24.6 Å². The summed E-state index contributed by atoms with van der Waals surface area (Å²) in [6.45, 7) is 1.98. The van der Waals surface area contributed by atoms with Crippen LogP contribution < -0.4 is 5.32 Å². The molecule has 0 radical (unpaired) electrons. The number of nitrogens with one attached hydrogen (secondary N) is 1. The highest BCUT2D eigenvalue weighted by atomic mass is 32.1. The fourth-order valence-corrected chi connectivity index (χ4v) is 3.21. The Morgan fingerprint density at radius 2 is 2.04 bits per heavy atom. The maximum absolute atomic E-state index is 12.6. The van der Waals surface area contributed by atoms with Crippen LogP contribution in [-0.4, -0.2) is 30.4 Å². The van der Waals surface area contributed by atoms with E-state index in [0.717, 1.165) is 22.6 Å². The van der Waals surface area contributed by atoms with E-state index >= 15 is 0 Å². The van der Waals surface area contributed by atoms with E-state index in [-0.39, 0.29) is 5.91 Å². The first-order valence-electron chi connectivity index (χ1n) is 7.84. The zero-order valence-corrected chi connectivity index (χ0v) is 14.6. The Bertz CT molecular complexity index is 1060. The second-order valence-electron chi connectivity index (χ2n) is 5.52. The third-order valence-corrected chi connectivity index (χ3v) is 4.53. The zero-order chi connectivity index (χ0) is 17.9. The molecule has 0 unspecified atom stereocenters. The van der Waals surface area contributed by atoms with E-state index in [1.54, 1.807) is 35.6 Å². The average molecular weight is 362 g/mol. The third-order valence-electron chi connectivity index (χ3n) is 3.77. The molecule has 0 aromatic carbocycles. The monoisotopic (exact) mass is 362 g/mol. The lowest BCUT2D eigenvalue weighted by Gasteiger charge is -2.06. The normalized spacial score (nSPS) is 10.7. The molecule has 128 valence electrons. The largest absolute Gasteiger partial charge is 0.296 e. The molecule has 1 amide bonds. The van der Waals surface area contributed by atoms with E-state index in [4.69, 9.17) is 0 Å². The predicted molar refractivity (Wildman–Crippen MR) is 99.4 cm³/mol. The van der Waals surface area contributed by atoms with E-state index in [2.05, 4.69) is 25.3 Å². The first-order chi connectivity index (χ1) is 12.7. The zero-order valence-electron chi connectivity index (χ0n) is 13.8. The number of carbonyl (C=O) groups is 1. The second kappa shape index (κ2) is 6.85. The van der Waals surface area contributed by atoms with Gasteiger partial charge in [-0.1, -0.05) is 6.07 Å². The van der Waals surface area contributed by atoms with Crippen molar-refractivity contribution in [2.45, 2.75) is 6.92 Å². The van der Waals surface area contributed by atoms with Crippen molar-refractivity contribution in [3.8, 4) is 17.1 Å². The Kier molecular flexibility index (Phi) is 4.24. The van der Waals surface area contributed by atoms with Gasteiger partial charge in [-0.25, -0.2) is 9.97 Å². The number of thiazole rings is 1. The lowest BCUT2D eigenvalue weighted by molar-refractivity contribution is 0.102. The van der Waals surface area contributed by atoms with Crippen LogP contribution in [0, 0.1) is 6.92 Å². The number of rotatable bonds is 4. The van der Waals surface area contributed by atoms with E-state index < -0.39 is 0 Å². The minimum absolute atomic E-state index is 0.287. The van der Waals surface area contributed by atoms with Crippen LogP contribution in [0.2, 0.25) is 0 Å². The topological polar surface area (TPSA) is 85.6 Å². The standard InChI is InChI=1S/C18H14N6OS/c1-12-4-2-7-21-16(12)14-10-26-18(22-14)23-17(25)15-9-20-11-24(15)13-5-3-6-19-8-13/h2-11H,1H3,(H,22,23,25). The van der Waals surface area contributed by atoms with Crippen molar-refractivity contribution in [1.29, 1.82) is 0 Å². The van der Waals surface area contributed by atoms with Crippen LogP contribution in [0.3, 0.4) is 0 Å². The van der Waals surface area contributed by atoms with Crippen molar-refractivity contribution < 1.29 is 4.79 Å². The van der Waals surface area contributed by atoms with Gasteiger partial charge in [0.2, 0.25) is 0 Å². The van der Waals surface area contributed by atoms with Crippen LogP contribution in [0.25, 0.3) is 17.1 Å². The molecule has 0 spiro atoms. The van der Waals surface area contributed by atoms with Crippen LogP contribution in [0.1, 0.15) is 16.1 Å². The molecule has 26 heavy (non-hydrogen) atoms. The summed E-state index contributed by atoms with van der Waals surface area (Å²) in [5.74, 6) is -0.287. The summed E-state index contributed by atoms with van der Waals surface area (Å²) in [6.07, 6.45) is 8.17. The van der Waals surface area contributed by atoms with Gasteiger partial charge in [0.25, 0.3) is 5.91 Å². The molecule has 4 heterocycles. The van der Waals surface area contributed by atoms with Gasteiger partial charge in [0.1, 0.15) is 11.4 Å². The van der Waals surface area contributed by atoms with Crippen molar-refractivity contribution in [2.24, 2.45) is 0 Å². The molecule has 0 saturated heterocycles. The van der Waals surface area contributed by atoms with Crippen molar-refractivity contribution in [1.82, 2.24) is 24.5 Å². The summed E-state index contributed by atoms with van der Waals surface area (Å²) < 4.78 is 1.68. The van der Waals surface area contributed by atoms with Crippen LogP contribution in [0.5, 0.6) is 0 Å². The van der Waals surface area contributed by atoms with Gasteiger partial charge >= 0.3 is 0 Å². The van der Waals surface area contributed by atoms with Crippen LogP contribution in [0.15, 0.2) is 60.8 Å². The lowest BCUT2D eigenvalue weighted by Crippen LogP contribution is -2.16. The number of aromatic nitrogens is 5. The summed E-state index contributed by atoms with van der Waals surface area (Å²) in [4.78, 5) is 29.6. The van der Waals surface area contributed by atoms with E-state index in [0.29, 0.717) is 10.8 Å². The fraction of sp³-hybridized carbons (Fsp3) is 0.0556. The van der Waals surface area contributed by atoms with Gasteiger partial charge in [-0.05, 0) is 30.7 Å². The van der Waals surface area contributed by atoms with Crippen molar-refractivity contribution >= 4 is 22.4 Å². The molecule has 0 bridgehead atoms. The smallest absolute Gasteiger partial charge is 0.276 e. The number of anilines is 1. The number of amides is 1. The molecule has 4 rings (SSSR count). The first-order valence-corrected chi connectivity index (χ1v) is 8.72. The predicted octanol–water partition coefficient (Wildman–Crippen LogP) is 3.35. The minimum atomic E-state index is -0.287. The molecule has 0 atom stereocenters. The number of hydrogen-bond donors (Lipinski definition) is 1. The quantitative estimate of drug-likeness (QED) is 0.602. The molecule has 0 aliphatic carbocycles.